The van der Waals surface area contributed by atoms with Crippen molar-refractivity contribution >= 4 is 23.8 Å². The summed E-state index contributed by atoms with van der Waals surface area (Å²) >= 11 is 0. The zero-order chi connectivity index (χ0) is 17.6. The highest BCUT2D eigenvalue weighted by Crippen LogP contribution is 2.29. The number of ether oxygens (including phenoxy) is 1. The van der Waals surface area contributed by atoms with E-state index in [1.807, 2.05) is 0 Å². The molecule has 8 nitrogen and oxygen atoms in total. The number of benzene rings is 1. The number of fused-ring (bicyclic) bond motifs is 1. The number of imide groups is 1. The Balaban J connectivity index is 1.40. The topological polar surface area (TPSA) is 96.0 Å². The molecule has 2 fully saturated rings. The van der Waals surface area contributed by atoms with E-state index in [1.165, 1.54) is 0 Å². The molecule has 1 spiro atoms. The third-order valence-corrected chi connectivity index (χ3v) is 5.06. The number of carbonyl (C=O) groups is 4. The third-order valence-electron chi connectivity index (χ3n) is 5.06. The molecule has 3 aliphatic heterocycles. The van der Waals surface area contributed by atoms with Gasteiger partial charge in [0.15, 0.2) is 0 Å². The number of rotatable bonds is 2. The van der Waals surface area contributed by atoms with E-state index in [1.54, 1.807) is 29.2 Å². The molecule has 1 N–H and O–H groups in total. The van der Waals surface area contributed by atoms with Crippen molar-refractivity contribution in [3.05, 3.63) is 35.4 Å². The first kappa shape index (κ1) is 15.6. The summed E-state index contributed by atoms with van der Waals surface area (Å²) in [6.07, 6.45) is 0.657. The molecule has 4 rings (SSSR count). The van der Waals surface area contributed by atoms with Gasteiger partial charge in [0.05, 0.1) is 17.7 Å². The van der Waals surface area contributed by atoms with Crippen LogP contribution < -0.4 is 5.32 Å². The minimum Gasteiger partial charge on any atom is -0.441 e. The first-order valence-corrected chi connectivity index (χ1v) is 8.19. The minimum absolute atomic E-state index is 0.266. The van der Waals surface area contributed by atoms with Crippen LogP contribution in [0, 0.1) is 0 Å². The average Bonchev–Trinajstić information content (AvgIpc) is 3.09. The smallest absolute Gasteiger partial charge is 0.407 e. The van der Waals surface area contributed by atoms with Crippen LogP contribution in [0.25, 0.3) is 0 Å². The van der Waals surface area contributed by atoms with Crippen molar-refractivity contribution in [3.63, 3.8) is 0 Å². The highest BCUT2D eigenvalue weighted by molar-refractivity contribution is 6.22. The van der Waals surface area contributed by atoms with Crippen LogP contribution in [0.5, 0.6) is 0 Å². The van der Waals surface area contributed by atoms with E-state index in [0.717, 1.165) is 4.90 Å². The van der Waals surface area contributed by atoms with Gasteiger partial charge in [-0.2, -0.15) is 0 Å². The number of nitrogens with one attached hydrogen (secondary N) is 1. The van der Waals surface area contributed by atoms with Crippen molar-refractivity contribution in [1.82, 2.24) is 15.1 Å². The number of likely N-dealkylation sites (tertiary alicyclic amines) is 1. The van der Waals surface area contributed by atoms with Crippen LogP contribution in [0.15, 0.2) is 24.3 Å². The second-order valence-corrected chi connectivity index (χ2v) is 6.55. The summed E-state index contributed by atoms with van der Waals surface area (Å²) in [7, 11) is 0. The van der Waals surface area contributed by atoms with Crippen LogP contribution in [-0.4, -0.2) is 65.4 Å². The summed E-state index contributed by atoms with van der Waals surface area (Å²) in [5, 5.41) is 2.64. The van der Waals surface area contributed by atoms with E-state index < -0.39 is 23.5 Å². The van der Waals surface area contributed by atoms with Crippen LogP contribution in [0.3, 0.4) is 0 Å². The summed E-state index contributed by atoms with van der Waals surface area (Å²) < 4.78 is 5.32. The molecule has 8 heteroatoms. The molecule has 3 aliphatic rings. The average molecular weight is 343 g/mol. The Hall–Kier alpha value is -2.90. The maximum absolute atomic E-state index is 12.5. The largest absolute Gasteiger partial charge is 0.441 e. The Kier molecular flexibility index (Phi) is 3.48. The Morgan fingerprint density at radius 3 is 2.20 bits per heavy atom. The van der Waals surface area contributed by atoms with Gasteiger partial charge in [-0.3, -0.25) is 19.3 Å². The van der Waals surface area contributed by atoms with Crippen molar-refractivity contribution in [3.8, 4) is 0 Å². The van der Waals surface area contributed by atoms with E-state index >= 15 is 0 Å². The SMILES string of the molecule is O=C1NCC2(CCN(C(=O)CN3C(=O)c4ccccc4C3=O)CC2)O1. The van der Waals surface area contributed by atoms with E-state index in [0.29, 0.717) is 43.6 Å². The fraction of sp³-hybridized carbons (Fsp3) is 0.412. The van der Waals surface area contributed by atoms with E-state index in [9.17, 15) is 19.2 Å². The molecule has 0 unspecified atom stereocenters. The van der Waals surface area contributed by atoms with Crippen molar-refractivity contribution in [2.45, 2.75) is 18.4 Å². The van der Waals surface area contributed by atoms with Crippen LogP contribution in [0.1, 0.15) is 33.6 Å². The minimum atomic E-state index is -0.538. The number of hydrogen-bond acceptors (Lipinski definition) is 5. The number of hydrogen-bond donors (Lipinski definition) is 1. The molecule has 130 valence electrons. The van der Waals surface area contributed by atoms with Crippen molar-refractivity contribution < 1.29 is 23.9 Å². The van der Waals surface area contributed by atoms with E-state index in [2.05, 4.69) is 5.32 Å². The van der Waals surface area contributed by atoms with Gasteiger partial charge >= 0.3 is 6.09 Å². The molecule has 0 bridgehead atoms. The highest BCUT2D eigenvalue weighted by Gasteiger charge is 2.44. The van der Waals surface area contributed by atoms with Gasteiger partial charge in [-0.25, -0.2) is 4.79 Å². The molecule has 0 atom stereocenters. The first-order chi connectivity index (χ1) is 12.0. The Morgan fingerprint density at radius 2 is 1.68 bits per heavy atom. The summed E-state index contributed by atoms with van der Waals surface area (Å²) in [5.74, 6) is -1.14. The van der Waals surface area contributed by atoms with Crippen LogP contribution >= 0.6 is 0 Å². The van der Waals surface area contributed by atoms with E-state index in [4.69, 9.17) is 4.74 Å². The highest BCUT2D eigenvalue weighted by atomic mass is 16.6. The van der Waals surface area contributed by atoms with Gasteiger partial charge in [-0.1, -0.05) is 12.1 Å². The summed E-state index contributed by atoms with van der Waals surface area (Å²) in [4.78, 5) is 51.0. The normalized spacial score (nSPS) is 21.4. The lowest BCUT2D eigenvalue weighted by Crippen LogP contribution is -2.51. The van der Waals surface area contributed by atoms with Crippen molar-refractivity contribution in [1.29, 1.82) is 0 Å². The molecule has 1 aromatic carbocycles. The lowest BCUT2D eigenvalue weighted by molar-refractivity contribution is -0.134. The Labute approximate surface area is 143 Å². The molecular weight excluding hydrogens is 326 g/mol. The Morgan fingerprint density at radius 1 is 1.08 bits per heavy atom. The van der Waals surface area contributed by atoms with E-state index in [-0.39, 0.29) is 12.5 Å². The van der Waals surface area contributed by atoms with Crippen molar-refractivity contribution in [2.75, 3.05) is 26.2 Å². The first-order valence-electron chi connectivity index (χ1n) is 8.19. The molecule has 0 radical (unpaired) electrons. The maximum atomic E-state index is 12.5. The molecule has 4 amide bonds. The lowest BCUT2D eigenvalue weighted by Gasteiger charge is -2.37. The summed E-state index contributed by atoms with van der Waals surface area (Å²) in [6, 6.07) is 6.56. The fourth-order valence-electron chi connectivity index (χ4n) is 3.56. The number of alkyl carbamates (subject to hydrolysis) is 1. The second-order valence-electron chi connectivity index (χ2n) is 6.55. The van der Waals surface area contributed by atoms with Crippen molar-refractivity contribution in [2.24, 2.45) is 0 Å². The standard InChI is InChI=1S/C17H17N3O5/c21-13(19-7-5-17(6-8-19)10-18-16(24)25-17)9-20-14(22)11-3-1-2-4-12(11)15(20)23/h1-4H,5-10H2,(H,18,24). The van der Waals surface area contributed by atoms with Gasteiger partial charge in [0.2, 0.25) is 5.91 Å². The molecule has 0 aliphatic carbocycles. The van der Waals surface area contributed by atoms with Gasteiger partial charge in [0.25, 0.3) is 11.8 Å². The van der Waals surface area contributed by atoms with Gasteiger partial charge in [-0.15, -0.1) is 0 Å². The molecule has 0 saturated carbocycles. The number of amides is 4. The predicted molar refractivity (Wildman–Crippen MR) is 84.8 cm³/mol. The van der Waals surface area contributed by atoms with Crippen LogP contribution in [-0.2, 0) is 9.53 Å². The monoisotopic (exact) mass is 343 g/mol. The summed E-state index contributed by atoms with van der Waals surface area (Å²) in [5.41, 5.74) is 0.132. The molecule has 1 aromatic rings. The van der Waals surface area contributed by atoms with Gasteiger partial charge in [-0.05, 0) is 12.1 Å². The second kappa shape index (κ2) is 5.58. The molecule has 2 saturated heterocycles. The van der Waals surface area contributed by atoms with Crippen LogP contribution in [0.4, 0.5) is 4.79 Å². The maximum Gasteiger partial charge on any atom is 0.407 e. The predicted octanol–water partition coefficient (Wildman–Crippen LogP) is 0.384. The zero-order valence-corrected chi connectivity index (χ0v) is 13.5. The molecular formula is C17H17N3O5. The number of carbonyl (C=O) groups excluding carboxylic acids is 4. The molecule has 3 heterocycles. The van der Waals surface area contributed by atoms with Gasteiger partial charge < -0.3 is 15.0 Å². The Bertz CT molecular complexity index is 747. The van der Waals surface area contributed by atoms with Crippen LogP contribution in [0.2, 0.25) is 0 Å². The number of nitrogens with zero attached hydrogens (tertiary/aromatic N) is 2. The quantitative estimate of drug-likeness (QED) is 0.784. The fourth-order valence-corrected chi connectivity index (χ4v) is 3.56. The lowest BCUT2D eigenvalue weighted by atomic mass is 9.91. The molecule has 25 heavy (non-hydrogen) atoms. The molecule has 0 aromatic heterocycles. The van der Waals surface area contributed by atoms with Gasteiger partial charge in [0.1, 0.15) is 12.1 Å². The third kappa shape index (κ3) is 2.54. The van der Waals surface area contributed by atoms with Gasteiger partial charge in [0, 0.05) is 25.9 Å². The number of piperidine rings is 1. The summed E-state index contributed by atoms with van der Waals surface area (Å²) in [6.45, 7) is 1.04. The zero-order valence-electron chi connectivity index (χ0n) is 13.5.